The number of carbonyl (C=O) groups is 1. The monoisotopic (exact) mass is 294 g/mol. The number of aryl methyl sites for hydroxylation is 1. The quantitative estimate of drug-likeness (QED) is 0.883. The summed E-state index contributed by atoms with van der Waals surface area (Å²) in [4.78, 5) is 10.5. The lowest BCUT2D eigenvalue weighted by atomic mass is 10.1. The Bertz CT molecular complexity index is 707. The number of nitrogens with zero attached hydrogens (tertiary/aromatic N) is 2. The van der Waals surface area contributed by atoms with E-state index < -0.39 is 11.8 Å². The maximum Gasteiger partial charge on any atom is 0.328 e. The zero-order chi connectivity index (χ0) is 14.9. The van der Waals surface area contributed by atoms with E-state index in [-0.39, 0.29) is 0 Å². The summed E-state index contributed by atoms with van der Waals surface area (Å²) in [5.41, 5.74) is 2.27. The summed E-state index contributed by atoms with van der Waals surface area (Å²) in [6.45, 7) is 3.54. The molecular weight excluding hydrogens is 283 g/mol. The standard InChI is InChI=1S/C14H12ClFN2O2/c1-8-14(15)9(2)18(17-8)12-6-10(3-4-13(19)20)5-11(16)7-12/h3-7H,1-2H3,(H,19,20)/b4-3+. The summed E-state index contributed by atoms with van der Waals surface area (Å²) in [6, 6.07) is 4.20. The van der Waals surface area contributed by atoms with Crippen LogP contribution in [0.2, 0.25) is 5.02 Å². The Morgan fingerprint density at radius 3 is 2.65 bits per heavy atom. The molecule has 1 N–H and O–H groups in total. The topological polar surface area (TPSA) is 55.1 Å². The van der Waals surface area contributed by atoms with Crippen molar-refractivity contribution in [2.45, 2.75) is 13.8 Å². The maximum atomic E-state index is 13.6. The molecule has 0 bridgehead atoms. The zero-order valence-electron chi connectivity index (χ0n) is 10.9. The first-order chi connectivity index (χ1) is 9.38. The fraction of sp³-hybridized carbons (Fsp3) is 0.143. The summed E-state index contributed by atoms with van der Waals surface area (Å²) < 4.78 is 15.1. The zero-order valence-corrected chi connectivity index (χ0v) is 11.6. The smallest absolute Gasteiger partial charge is 0.328 e. The number of halogens is 2. The fourth-order valence-electron chi connectivity index (χ4n) is 1.86. The summed E-state index contributed by atoms with van der Waals surface area (Å²) in [6.07, 6.45) is 2.27. The van der Waals surface area contributed by atoms with Crippen LogP contribution < -0.4 is 0 Å². The first-order valence-corrected chi connectivity index (χ1v) is 6.20. The third-order valence-corrected chi connectivity index (χ3v) is 3.32. The van der Waals surface area contributed by atoms with Crippen LogP contribution in [0.3, 0.4) is 0 Å². The minimum atomic E-state index is -1.09. The predicted molar refractivity (Wildman–Crippen MR) is 74.7 cm³/mol. The normalized spacial score (nSPS) is 11.2. The van der Waals surface area contributed by atoms with Crippen molar-refractivity contribution in [3.63, 3.8) is 0 Å². The van der Waals surface area contributed by atoms with E-state index in [1.165, 1.54) is 22.9 Å². The van der Waals surface area contributed by atoms with Gasteiger partial charge in [0.15, 0.2) is 0 Å². The molecular formula is C14H12ClFN2O2. The molecule has 0 atom stereocenters. The van der Waals surface area contributed by atoms with Gasteiger partial charge in [-0.05, 0) is 43.7 Å². The molecule has 2 rings (SSSR count). The molecule has 0 radical (unpaired) electrons. The Kier molecular flexibility index (Phi) is 3.90. The van der Waals surface area contributed by atoms with E-state index in [4.69, 9.17) is 16.7 Å². The fourth-order valence-corrected chi connectivity index (χ4v) is 1.98. The molecule has 0 aliphatic heterocycles. The third kappa shape index (κ3) is 2.88. The summed E-state index contributed by atoms with van der Waals surface area (Å²) in [7, 11) is 0. The van der Waals surface area contributed by atoms with Gasteiger partial charge in [-0.25, -0.2) is 13.9 Å². The van der Waals surface area contributed by atoms with Crippen molar-refractivity contribution in [1.82, 2.24) is 9.78 Å². The number of aliphatic carboxylic acids is 1. The Balaban J connectivity index is 2.52. The lowest BCUT2D eigenvalue weighted by Crippen LogP contribution is -2.00. The number of benzene rings is 1. The molecule has 2 aromatic rings. The van der Waals surface area contributed by atoms with Crippen LogP contribution in [0.1, 0.15) is 17.0 Å². The molecule has 0 unspecified atom stereocenters. The first-order valence-electron chi connectivity index (χ1n) is 5.82. The van der Waals surface area contributed by atoms with E-state index in [2.05, 4.69) is 5.10 Å². The van der Waals surface area contributed by atoms with Gasteiger partial charge in [0.25, 0.3) is 0 Å². The van der Waals surface area contributed by atoms with Crippen LogP contribution in [0.25, 0.3) is 11.8 Å². The van der Waals surface area contributed by atoms with E-state index in [0.717, 1.165) is 6.08 Å². The van der Waals surface area contributed by atoms with Gasteiger partial charge in [0.1, 0.15) is 5.82 Å². The number of carboxylic acids is 1. The second kappa shape index (κ2) is 5.46. The van der Waals surface area contributed by atoms with E-state index in [0.29, 0.717) is 27.7 Å². The third-order valence-electron chi connectivity index (χ3n) is 2.77. The molecule has 0 amide bonds. The van der Waals surface area contributed by atoms with Crippen molar-refractivity contribution in [2.24, 2.45) is 0 Å². The van der Waals surface area contributed by atoms with Crippen molar-refractivity contribution in [1.29, 1.82) is 0 Å². The lowest BCUT2D eigenvalue weighted by molar-refractivity contribution is -0.131. The average molecular weight is 295 g/mol. The van der Waals surface area contributed by atoms with E-state index in [9.17, 15) is 9.18 Å². The Morgan fingerprint density at radius 2 is 2.10 bits per heavy atom. The molecule has 104 valence electrons. The molecule has 0 saturated heterocycles. The second-order valence-corrected chi connectivity index (χ2v) is 4.69. The minimum Gasteiger partial charge on any atom is -0.478 e. The van der Waals surface area contributed by atoms with Gasteiger partial charge in [-0.2, -0.15) is 5.10 Å². The largest absolute Gasteiger partial charge is 0.478 e. The van der Waals surface area contributed by atoms with Gasteiger partial charge in [-0.3, -0.25) is 0 Å². The number of hydrogen-bond donors (Lipinski definition) is 1. The van der Waals surface area contributed by atoms with Crippen LogP contribution in [-0.4, -0.2) is 20.9 Å². The van der Waals surface area contributed by atoms with Crippen molar-refractivity contribution in [3.8, 4) is 5.69 Å². The van der Waals surface area contributed by atoms with Crippen molar-refractivity contribution in [3.05, 3.63) is 52.1 Å². The van der Waals surface area contributed by atoms with E-state index in [1.807, 2.05) is 0 Å². The molecule has 0 saturated carbocycles. The minimum absolute atomic E-state index is 0.436. The maximum absolute atomic E-state index is 13.6. The molecule has 0 aliphatic carbocycles. The van der Waals surface area contributed by atoms with Crippen LogP contribution >= 0.6 is 11.6 Å². The Labute approximate surface area is 120 Å². The van der Waals surface area contributed by atoms with Gasteiger partial charge < -0.3 is 5.11 Å². The molecule has 0 aliphatic rings. The predicted octanol–water partition coefficient (Wildman–Crippen LogP) is 3.38. The molecule has 0 fully saturated rings. The van der Waals surface area contributed by atoms with Gasteiger partial charge in [-0.1, -0.05) is 11.6 Å². The summed E-state index contributed by atoms with van der Waals surface area (Å²) in [5, 5.41) is 13.4. The second-order valence-electron chi connectivity index (χ2n) is 4.31. The molecule has 20 heavy (non-hydrogen) atoms. The number of aromatic nitrogens is 2. The van der Waals surface area contributed by atoms with Crippen molar-refractivity contribution in [2.75, 3.05) is 0 Å². The molecule has 1 heterocycles. The van der Waals surface area contributed by atoms with Crippen LogP contribution in [0, 0.1) is 19.7 Å². The molecule has 0 spiro atoms. The van der Waals surface area contributed by atoms with Gasteiger partial charge in [-0.15, -0.1) is 0 Å². The SMILES string of the molecule is Cc1nn(-c2cc(F)cc(/C=C/C(=O)O)c2)c(C)c1Cl. The Morgan fingerprint density at radius 1 is 1.40 bits per heavy atom. The number of rotatable bonds is 3. The highest BCUT2D eigenvalue weighted by Crippen LogP contribution is 2.23. The van der Waals surface area contributed by atoms with Crippen molar-refractivity contribution >= 4 is 23.6 Å². The first kappa shape index (κ1) is 14.3. The van der Waals surface area contributed by atoms with E-state index in [1.54, 1.807) is 19.9 Å². The molecule has 1 aromatic carbocycles. The highest BCUT2D eigenvalue weighted by atomic mass is 35.5. The van der Waals surface area contributed by atoms with Gasteiger partial charge in [0.2, 0.25) is 0 Å². The summed E-state index contributed by atoms with van der Waals surface area (Å²) >= 11 is 6.06. The average Bonchev–Trinajstić information content (AvgIpc) is 2.63. The highest BCUT2D eigenvalue weighted by molar-refractivity contribution is 6.31. The lowest BCUT2D eigenvalue weighted by Gasteiger charge is -2.06. The molecule has 1 aromatic heterocycles. The molecule has 6 heteroatoms. The van der Waals surface area contributed by atoms with Crippen LogP contribution in [0.4, 0.5) is 4.39 Å². The van der Waals surface area contributed by atoms with Gasteiger partial charge >= 0.3 is 5.97 Å². The number of hydrogen-bond acceptors (Lipinski definition) is 2. The molecule has 4 nitrogen and oxygen atoms in total. The van der Waals surface area contributed by atoms with Crippen LogP contribution in [0.15, 0.2) is 24.3 Å². The highest BCUT2D eigenvalue weighted by Gasteiger charge is 2.11. The van der Waals surface area contributed by atoms with Gasteiger partial charge in [0, 0.05) is 6.08 Å². The van der Waals surface area contributed by atoms with Crippen molar-refractivity contribution < 1.29 is 14.3 Å². The van der Waals surface area contributed by atoms with E-state index >= 15 is 0 Å². The van der Waals surface area contributed by atoms with Crippen LogP contribution in [-0.2, 0) is 4.79 Å². The van der Waals surface area contributed by atoms with Gasteiger partial charge in [0.05, 0.1) is 22.1 Å². The Hall–Kier alpha value is -2.14. The summed E-state index contributed by atoms with van der Waals surface area (Å²) in [5.74, 6) is -1.57. The van der Waals surface area contributed by atoms with Crippen LogP contribution in [0.5, 0.6) is 0 Å². The number of carboxylic acid groups (broad SMARTS) is 1.